The number of benzene rings is 2. The summed E-state index contributed by atoms with van der Waals surface area (Å²) in [6.07, 6.45) is 0. The molecule has 0 bridgehead atoms. The first-order valence-electron chi connectivity index (χ1n) is 6.67. The molecule has 0 heterocycles. The highest BCUT2D eigenvalue weighted by Crippen LogP contribution is 2.35. The van der Waals surface area contributed by atoms with Gasteiger partial charge < -0.3 is 0 Å². The average Bonchev–Trinajstić information content (AvgIpc) is 2.53. The van der Waals surface area contributed by atoms with E-state index in [1.165, 1.54) is 0 Å². The van der Waals surface area contributed by atoms with Crippen molar-refractivity contribution in [3.05, 3.63) is 70.8 Å². The van der Waals surface area contributed by atoms with Crippen LogP contribution in [-0.4, -0.2) is 0 Å². The van der Waals surface area contributed by atoms with Crippen molar-refractivity contribution in [1.82, 2.24) is 0 Å². The molecule has 98 valence electrons. The standard InChI is InChI=1S/C18H16N2/c1-13(17-9-5-3-7-15(17)11-19)14(2)18-10-6-4-8-16(18)12-20/h3-10,13-14H,1-2H3. The normalized spacial score (nSPS) is 13.0. The first-order chi connectivity index (χ1) is 9.69. The summed E-state index contributed by atoms with van der Waals surface area (Å²) < 4.78 is 0. The van der Waals surface area contributed by atoms with E-state index in [-0.39, 0.29) is 11.8 Å². The van der Waals surface area contributed by atoms with Crippen LogP contribution in [0.4, 0.5) is 0 Å². The molecule has 0 aliphatic rings. The lowest BCUT2D eigenvalue weighted by molar-refractivity contribution is 0.621. The van der Waals surface area contributed by atoms with E-state index >= 15 is 0 Å². The lowest BCUT2D eigenvalue weighted by Gasteiger charge is -2.22. The van der Waals surface area contributed by atoms with Gasteiger partial charge in [0.15, 0.2) is 0 Å². The third kappa shape index (κ3) is 2.56. The number of nitrogens with zero attached hydrogens (tertiary/aromatic N) is 2. The highest BCUT2D eigenvalue weighted by atomic mass is 14.3. The van der Waals surface area contributed by atoms with Gasteiger partial charge in [0.05, 0.1) is 23.3 Å². The molecule has 0 radical (unpaired) electrons. The Morgan fingerprint density at radius 1 is 0.700 bits per heavy atom. The largest absolute Gasteiger partial charge is 0.192 e. The molecule has 20 heavy (non-hydrogen) atoms. The van der Waals surface area contributed by atoms with Gasteiger partial charge in [0.1, 0.15) is 0 Å². The van der Waals surface area contributed by atoms with Gasteiger partial charge in [-0.2, -0.15) is 10.5 Å². The second-order valence-corrected chi connectivity index (χ2v) is 4.98. The van der Waals surface area contributed by atoms with Crippen LogP contribution in [0.25, 0.3) is 0 Å². The summed E-state index contributed by atoms with van der Waals surface area (Å²) in [7, 11) is 0. The zero-order chi connectivity index (χ0) is 14.5. The highest BCUT2D eigenvalue weighted by molar-refractivity contribution is 5.44. The summed E-state index contributed by atoms with van der Waals surface area (Å²) in [6.45, 7) is 4.21. The van der Waals surface area contributed by atoms with Gasteiger partial charge in [0.2, 0.25) is 0 Å². The molecule has 2 rings (SSSR count). The molecule has 0 saturated heterocycles. The molecule has 2 heteroatoms. The second-order valence-electron chi connectivity index (χ2n) is 4.98. The van der Waals surface area contributed by atoms with E-state index in [0.29, 0.717) is 11.1 Å². The van der Waals surface area contributed by atoms with Crippen molar-refractivity contribution in [2.75, 3.05) is 0 Å². The lowest BCUT2D eigenvalue weighted by atomic mass is 9.81. The molecule has 2 atom stereocenters. The van der Waals surface area contributed by atoms with Crippen molar-refractivity contribution in [2.24, 2.45) is 0 Å². The Kier molecular flexibility index (Phi) is 4.18. The first kappa shape index (κ1) is 13.8. The maximum atomic E-state index is 9.22. The van der Waals surface area contributed by atoms with E-state index in [0.717, 1.165) is 11.1 Å². The molecule has 2 nitrogen and oxygen atoms in total. The van der Waals surface area contributed by atoms with Crippen molar-refractivity contribution in [3.8, 4) is 12.1 Å². The number of rotatable bonds is 3. The van der Waals surface area contributed by atoms with Crippen molar-refractivity contribution in [3.63, 3.8) is 0 Å². The SMILES string of the molecule is CC(c1ccccc1C#N)C(C)c1ccccc1C#N. The molecule has 0 aromatic heterocycles. The maximum Gasteiger partial charge on any atom is 0.0994 e. The highest BCUT2D eigenvalue weighted by Gasteiger charge is 2.20. The molecule has 0 amide bonds. The van der Waals surface area contributed by atoms with Gasteiger partial charge in [-0.25, -0.2) is 0 Å². The lowest BCUT2D eigenvalue weighted by Crippen LogP contribution is -2.08. The molecule has 2 aromatic carbocycles. The average molecular weight is 260 g/mol. The fourth-order valence-electron chi connectivity index (χ4n) is 2.53. The summed E-state index contributed by atoms with van der Waals surface area (Å²) in [5, 5.41) is 18.4. The van der Waals surface area contributed by atoms with E-state index in [4.69, 9.17) is 0 Å². The predicted octanol–water partition coefficient (Wildman–Crippen LogP) is 4.34. The predicted molar refractivity (Wildman–Crippen MR) is 79.1 cm³/mol. The van der Waals surface area contributed by atoms with Crippen LogP contribution in [0.3, 0.4) is 0 Å². The second kappa shape index (κ2) is 6.04. The maximum absolute atomic E-state index is 9.22. The third-order valence-electron chi connectivity index (χ3n) is 3.89. The summed E-state index contributed by atoms with van der Waals surface area (Å²) in [5.74, 6) is 0.362. The minimum absolute atomic E-state index is 0.181. The number of hydrogen-bond acceptors (Lipinski definition) is 2. The molecule has 0 N–H and O–H groups in total. The minimum atomic E-state index is 0.181. The Morgan fingerprint density at radius 2 is 1.05 bits per heavy atom. The molecule has 0 aliphatic heterocycles. The molecule has 0 saturated carbocycles. The summed E-state index contributed by atoms with van der Waals surface area (Å²) in [5.41, 5.74) is 3.49. The Balaban J connectivity index is 2.41. The zero-order valence-electron chi connectivity index (χ0n) is 11.7. The van der Waals surface area contributed by atoms with Crippen LogP contribution >= 0.6 is 0 Å². The third-order valence-corrected chi connectivity index (χ3v) is 3.89. The van der Waals surface area contributed by atoms with Gasteiger partial charge >= 0.3 is 0 Å². The van der Waals surface area contributed by atoms with Gasteiger partial charge in [0, 0.05) is 0 Å². The van der Waals surface area contributed by atoms with Gasteiger partial charge in [-0.1, -0.05) is 50.2 Å². The van der Waals surface area contributed by atoms with E-state index < -0.39 is 0 Å². The molecule has 2 unspecified atom stereocenters. The smallest absolute Gasteiger partial charge is 0.0994 e. The van der Waals surface area contributed by atoms with Crippen molar-refractivity contribution >= 4 is 0 Å². The molecule has 0 fully saturated rings. The summed E-state index contributed by atoms with van der Waals surface area (Å²) in [6, 6.07) is 19.8. The fourth-order valence-corrected chi connectivity index (χ4v) is 2.53. The fraction of sp³-hybridized carbons (Fsp3) is 0.222. The van der Waals surface area contributed by atoms with Crippen LogP contribution < -0.4 is 0 Å². The van der Waals surface area contributed by atoms with E-state index in [1.54, 1.807) is 0 Å². The Morgan fingerprint density at radius 3 is 1.40 bits per heavy atom. The van der Waals surface area contributed by atoms with Crippen LogP contribution in [0.1, 0.15) is 47.9 Å². The number of nitriles is 2. The van der Waals surface area contributed by atoms with Gasteiger partial charge in [-0.15, -0.1) is 0 Å². The van der Waals surface area contributed by atoms with Crippen LogP contribution in [-0.2, 0) is 0 Å². The Hall–Kier alpha value is -2.58. The zero-order valence-corrected chi connectivity index (χ0v) is 11.7. The minimum Gasteiger partial charge on any atom is -0.192 e. The monoisotopic (exact) mass is 260 g/mol. The summed E-state index contributed by atoms with van der Waals surface area (Å²) >= 11 is 0. The van der Waals surface area contributed by atoms with Gasteiger partial charge in [-0.3, -0.25) is 0 Å². The summed E-state index contributed by atoms with van der Waals surface area (Å²) in [4.78, 5) is 0. The Labute approximate surface area is 119 Å². The van der Waals surface area contributed by atoms with Crippen LogP contribution in [0, 0.1) is 22.7 Å². The van der Waals surface area contributed by atoms with Crippen molar-refractivity contribution < 1.29 is 0 Å². The van der Waals surface area contributed by atoms with E-state index in [2.05, 4.69) is 26.0 Å². The molecule has 2 aromatic rings. The first-order valence-corrected chi connectivity index (χ1v) is 6.67. The molecular weight excluding hydrogens is 244 g/mol. The van der Waals surface area contributed by atoms with E-state index in [1.807, 2.05) is 48.5 Å². The number of hydrogen-bond donors (Lipinski definition) is 0. The van der Waals surface area contributed by atoms with Crippen molar-refractivity contribution in [2.45, 2.75) is 25.7 Å². The Bertz CT molecular complexity index is 628. The van der Waals surface area contributed by atoms with Gasteiger partial charge in [-0.05, 0) is 35.1 Å². The van der Waals surface area contributed by atoms with Crippen LogP contribution in [0.5, 0.6) is 0 Å². The molecule has 0 aliphatic carbocycles. The topological polar surface area (TPSA) is 47.6 Å². The van der Waals surface area contributed by atoms with Gasteiger partial charge in [0.25, 0.3) is 0 Å². The quantitative estimate of drug-likeness (QED) is 0.824. The van der Waals surface area contributed by atoms with E-state index in [9.17, 15) is 10.5 Å². The molecule has 0 spiro atoms. The van der Waals surface area contributed by atoms with Crippen LogP contribution in [0.2, 0.25) is 0 Å². The van der Waals surface area contributed by atoms with Crippen LogP contribution in [0.15, 0.2) is 48.5 Å². The van der Waals surface area contributed by atoms with Crippen molar-refractivity contribution in [1.29, 1.82) is 10.5 Å². The molecular formula is C18H16N2.